The molecule has 0 amide bonds. The number of aliphatic hydroxyl groups excluding tert-OH is 1. The van der Waals surface area contributed by atoms with Crippen LogP contribution in [0.2, 0.25) is 0 Å². The van der Waals surface area contributed by atoms with E-state index >= 15 is 0 Å². The SMILES string of the molecule is CCCCCCCCCCCCCCCCC(O)C[N+](C)(CCCC(=O)[O-])Cc1ccccc1. The fourth-order valence-electron chi connectivity index (χ4n) is 5.04. The van der Waals surface area contributed by atoms with E-state index in [9.17, 15) is 15.0 Å². The average Bonchev–Trinajstić information content (AvgIpc) is 2.79. The molecule has 1 aromatic carbocycles. The second-order valence-electron chi connectivity index (χ2n) is 10.7. The quantitative estimate of drug-likeness (QED) is 0.147. The topological polar surface area (TPSA) is 60.4 Å². The van der Waals surface area contributed by atoms with Gasteiger partial charge in [-0.1, -0.05) is 127 Å². The maximum absolute atomic E-state index is 10.9. The minimum Gasteiger partial charge on any atom is -0.550 e. The minimum atomic E-state index is -0.991. The number of hydrogen-bond acceptors (Lipinski definition) is 3. The summed E-state index contributed by atoms with van der Waals surface area (Å²) in [6.07, 6.45) is 19.9. The standard InChI is InChI=1S/C30H53NO3/c1-3-4-5-6-7-8-9-10-11-12-13-14-15-19-23-29(32)27-31(2,25-20-24-30(33)34)26-28-21-17-16-18-22-28/h16-18,21-22,29,32H,3-15,19-20,23-27H2,1-2H3. The first kappa shape index (κ1) is 30.6. The van der Waals surface area contributed by atoms with Gasteiger partial charge in [-0.05, 0) is 12.8 Å². The number of quaternary nitrogens is 1. The van der Waals surface area contributed by atoms with Crippen LogP contribution in [0.25, 0.3) is 0 Å². The van der Waals surface area contributed by atoms with Crippen LogP contribution >= 0.6 is 0 Å². The molecule has 34 heavy (non-hydrogen) atoms. The van der Waals surface area contributed by atoms with Gasteiger partial charge in [0.1, 0.15) is 19.2 Å². The molecule has 0 saturated heterocycles. The minimum absolute atomic E-state index is 0.0810. The average molecular weight is 476 g/mol. The van der Waals surface area contributed by atoms with Crippen LogP contribution in [0.4, 0.5) is 0 Å². The number of likely N-dealkylation sites (N-methyl/N-ethyl adjacent to an activating group) is 1. The number of carboxylic acid groups (broad SMARTS) is 1. The van der Waals surface area contributed by atoms with Gasteiger partial charge in [-0.2, -0.15) is 0 Å². The first-order valence-corrected chi connectivity index (χ1v) is 14.2. The van der Waals surface area contributed by atoms with Gasteiger partial charge in [-0.15, -0.1) is 0 Å². The van der Waals surface area contributed by atoms with Gasteiger partial charge in [0.05, 0.1) is 13.6 Å². The predicted molar refractivity (Wildman–Crippen MR) is 141 cm³/mol. The zero-order chi connectivity index (χ0) is 24.9. The predicted octanol–water partition coefficient (Wildman–Crippen LogP) is 6.40. The smallest absolute Gasteiger partial charge is 0.105 e. The number of carbonyl (C=O) groups is 1. The van der Waals surface area contributed by atoms with E-state index in [0.717, 1.165) is 25.9 Å². The van der Waals surface area contributed by atoms with Gasteiger partial charge in [-0.3, -0.25) is 0 Å². The molecule has 0 heterocycles. The number of unbranched alkanes of at least 4 members (excludes halogenated alkanes) is 13. The molecule has 196 valence electrons. The molecule has 2 atom stereocenters. The fraction of sp³-hybridized carbons (Fsp3) is 0.767. The Morgan fingerprint density at radius 3 is 1.82 bits per heavy atom. The highest BCUT2D eigenvalue weighted by Crippen LogP contribution is 2.18. The van der Waals surface area contributed by atoms with Crippen LogP contribution in [-0.2, 0) is 11.3 Å². The van der Waals surface area contributed by atoms with E-state index in [1.54, 1.807) is 0 Å². The number of carbonyl (C=O) groups excluding carboxylic acids is 1. The van der Waals surface area contributed by atoms with Gasteiger partial charge in [0.15, 0.2) is 0 Å². The normalized spacial score (nSPS) is 14.1. The van der Waals surface area contributed by atoms with Gasteiger partial charge in [0, 0.05) is 18.0 Å². The Bertz CT molecular complexity index is 606. The Balaban J connectivity index is 2.15. The summed E-state index contributed by atoms with van der Waals surface area (Å²) in [5, 5.41) is 21.6. The molecule has 4 nitrogen and oxygen atoms in total. The number of nitrogens with zero attached hydrogens (tertiary/aromatic N) is 1. The van der Waals surface area contributed by atoms with Crippen LogP contribution in [0, 0.1) is 0 Å². The first-order valence-electron chi connectivity index (χ1n) is 14.2. The highest BCUT2D eigenvalue weighted by molar-refractivity contribution is 5.64. The van der Waals surface area contributed by atoms with Gasteiger partial charge >= 0.3 is 0 Å². The third-order valence-corrected chi connectivity index (χ3v) is 7.03. The van der Waals surface area contributed by atoms with Gasteiger partial charge in [0.25, 0.3) is 0 Å². The number of benzene rings is 1. The van der Waals surface area contributed by atoms with Gasteiger partial charge < -0.3 is 19.5 Å². The van der Waals surface area contributed by atoms with Crippen molar-refractivity contribution in [2.75, 3.05) is 20.1 Å². The molecule has 1 rings (SSSR count). The summed E-state index contributed by atoms with van der Waals surface area (Å²) in [5.41, 5.74) is 1.22. The van der Waals surface area contributed by atoms with Crippen molar-refractivity contribution in [2.24, 2.45) is 0 Å². The molecule has 0 spiro atoms. The number of hydrogen-bond donors (Lipinski definition) is 1. The maximum Gasteiger partial charge on any atom is 0.105 e. The van der Waals surface area contributed by atoms with E-state index in [1.165, 1.54) is 89.0 Å². The molecule has 0 aliphatic rings. The Kier molecular flexibility index (Phi) is 17.9. The maximum atomic E-state index is 10.9. The van der Waals surface area contributed by atoms with Crippen LogP contribution in [0.5, 0.6) is 0 Å². The highest BCUT2D eigenvalue weighted by Gasteiger charge is 2.25. The van der Waals surface area contributed by atoms with Crippen LogP contribution in [0.1, 0.15) is 122 Å². The Labute approximate surface area is 210 Å². The number of carboxylic acids is 1. The summed E-state index contributed by atoms with van der Waals surface area (Å²) in [6.45, 7) is 4.48. The monoisotopic (exact) mass is 475 g/mol. The molecule has 1 aromatic rings. The molecule has 0 aromatic heterocycles. The largest absolute Gasteiger partial charge is 0.550 e. The molecular weight excluding hydrogens is 422 g/mol. The van der Waals surface area contributed by atoms with Crippen LogP contribution in [0.3, 0.4) is 0 Å². The summed E-state index contributed by atoms with van der Waals surface area (Å²) >= 11 is 0. The third kappa shape index (κ3) is 17.1. The lowest BCUT2D eigenvalue weighted by Gasteiger charge is -2.36. The van der Waals surface area contributed by atoms with Crippen LogP contribution < -0.4 is 5.11 Å². The second-order valence-corrected chi connectivity index (χ2v) is 10.7. The number of aliphatic hydroxyl groups is 1. The van der Waals surface area contributed by atoms with Crippen molar-refractivity contribution in [3.8, 4) is 0 Å². The zero-order valence-electron chi connectivity index (χ0n) is 22.3. The Morgan fingerprint density at radius 1 is 0.824 bits per heavy atom. The van der Waals surface area contributed by atoms with E-state index in [2.05, 4.69) is 26.1 Å². The summed E-state index contributed by atoms with van der Waals surface area (Å²) < 4.78 is 0.664. The first-order chi connectivity index (χ1) is 16.4. The molecule has 1 N–H and O–H groups in total. The van der Waals surface area contributed by atoms with E-state index < -0.39 is 5.97 Å². The summed E-state index contributed by atoms with van der Waals surface area (Å²) in [4.78, 5) is 10.9. The Morgan fingerprint density at radius 2 is 1.32 bits per heavy atom. The van der Waals surface area contributed by atoms with Crippen molar-refractivity contribution in [1.82, 2.24) is 0 Å². The lowest BCUT2D eigenvalue weighted by Crippen LogP contribution is -2.49. The molecular formula is C30H53NO3. The zero-order valence-corrected chi connectivity index (χ0v) is 22.3. The van der Waals surface area contributed by atoms with E-state index in [1.807, 2.05) is 18.2 Å². The molecule has 2 unspecified atom stereocenters. The van der Waals surface area contributed by atoms with Gasteiger partial charge in [-0.25, -0.2) is 0 Å². The lowest BCUT2D eigenvalue weighted by atomic mass is 10.0. The van der Waals surface area contributed by atoms with E-state index in [4.69, 9.17) is 0 Å². The summed E-state index contributed by atoms with van der Waals surface area (Å²) in [6, 6.07) is 10.3. The van der Waals surface area contributed by atoms with Crippen molar-refractivity contribution in [2.45, 2.75) is 129 Å². The van der Waals surface area contributed by atoms with Crippen molar-refractivity contribution >= 4 is 5.97 Å². The molecule has 0 fully saturated rings. The Hall–Kier alpha value is -1.39. The molecule has 0 radical (unpaired) electrons. The fourth-order valence-corrected chi connectivity index (χ4v) is 5.04. The van der Waals surface area contributed by atoms with Crippen LogP contribution in [-0.4, -0.2) is 41.8 Å². The molecule has 4 heteroatoms. The molecule has 0 aliphatic heterocycles. The van der Waals surface area contributed by atoms with Gasteiger partial charge in [0.2, 0.25) is 0 Å². The molecule has 0 saturated carbocycles. The summed E-state index contributed by atoms with van der Waals surface area (Å²) in [7, 11) is 2.14. The van der Waals surface area contributed by atoms with Crippen molar-refractivity contribution in [3.63, 3.8) is 0 Å². The second kappa shape index (κ2) is 19.9. The molecule has 0 bridgehead atoms. The van der Waals surface area contributed by atoms with Crippen molar-refractivity contribution in [1.29, 1.82) is 0 Å². The third-order valence-electron chi connectivity index (χ3n) is 7.03. The van der Waals surface area contributed by atoms with Crippen molar-refractivity contribution < 1.29 is 19.5 Å². The van der Waals surface area contributed by atoms with E-state index in [-0.39, 0.29) is 12.5 Å². The lowest BCUT2D eigenvalue weighted by molar-refractivity contribution is -0.925. The highest BCUT2D eigenvalue weighted by atomic mass is 16.4. The van der Waals surface area contributed by atoms with Crippen LogP contribution in [0.15, 0.2) is 30.3 Å². The molecule has 0 aliphatic carbocycles. The number of aliphatic carboxylic acids is 1. The van der Waals surface area contributed by atoms with E-state index in [0.29, 0.717) is 17.4 Å². The number of rotatable bonds is 23. The summed E-state index contributed by atoms with van der Waals surface area (Å²) in [5.74, 6) is -0.991. The van der Waals surface area contributed by atoms with Crippen molar-refractivity contribution in [3.05, 3.63) is 35.9 Å².